The summed E-state index contributed by atoms with van der Waals surface area (Å²) in [6, 6.07) is 13.4. The number of halogens is 1. The molecule has 0 saturated heterocycles. The monoisotopic (exact) mass is 305 g/mol. The average molecular weight is 306 g/mol. The zero-order valence-electron chi connectivity index (χ0n) is 12.2. The van der Waals surface area contributed by atoms with Gasteiger partial charge in [0, 0.05) is 6.42 Å². The lowest BCUT2D eigenvalue weighted by Gasteiger charge is -2.24. The molecule has 0 bridgehead atoms. The molecule has 0 fully saturated rings. The Kier molecular flexibility index (Phi) is 5.73. The van der Waals surface area contributed by atoms with Crippen molar-refractivity contribution in [2.75, 3.05) is 11.1 Å². The zero-order valence-corrected chi connectivity index (χ0v) is 13.0. The molecule has 0 spiro atoms. The molecule has 0 unspecified atom stereocenters. The zero-order chi connectivity index (χ0) is 14.6. The Morgan fingerprint density at radius 1 is 1.19 bits per heavy atom. The lowest BCUT2D eigenvalue weighted by Crippen LogP contribution is -2.25. The summed E-state index contributed by atoms with van der Waals surface area (Å²) in [5.74, 6) is 0.401. The number of benzene rings is 1. The summed E-state index contributed by atoms with van der Waals surface area (Å²) in [5.41, 5.74) is 7.10. The SMILES string of the molecule is CC(C)(CC(=O)Nc1ccc(N)nc1)c1ccccc1.Cl. The summed E-state index contributed by atoms with van der Waals surface area (Å²) in [6.07, 6.45) is 1.96. The van der Waals surface area contributed by atoms with Crippen LogP contribution in [0, 0.1) is 0 Å². The number of carbonyl (C=O) groups excluding carboxylic acids is 1. The van der Waals surface area contributed by atoms with Gasteiger partial charge in [-0.15, -0.1) is 12.4 Å². The molecular formula is C16H20ClN3O. The number of carbonyl (C=O) groups is 1. The van der Waals surface area contributed by atoms with Crippen molar-refractivity contribution in [3.05, 3.63) is 54.2 Å². The summed E-state index contributed by atoms with van der Waals surface area (Å²) >= 11 is 0. The molecule has 1 heterocycles. The molecule has 0 atom stereocenters. The van der Waals surface area contributed by atoms with E-state index in [1.807, 2.05) is 30.3 Å². The maximum Gasteiger partial charge on any atom is 0.225 e. The number of nitrogens with one attached hydrogen (secondary N) is 1. The Bertz CT molecular complexity index is 582. The number of nitrogens with two attached hydrogens (primary N) is 1. The van der Waals surface area contributed by atoms with Crippen LogP contribution in [0.15, 0.2) is 48.7 Å². The van der Waals surface area contributed by atoms with E-state index in [1.54, 1.807) is 18.3 Å². The van der Waals surface area contributed by atoms with Crippen LogP contribution in [0.2, 0.25) is 0 Å². The summed E-state index contributed by atoms with van der Waals surface area (Å²) in [6.45, 7) is 4.12. The Morgan fingerprint density at radius 3 is 2.43 bits per heavy atom. The van der Waals surface area contributed by atoms with Crippen LogP contribution in [0.4, 0.5) is 11.5 Å². The third-order valence-corrected chi connectivity index (χ3v) is 3.23. The number of nitrogen functional groups attached to an aromatic ring is 1. The van der Waals surface area contributed by atoms with Crippen LogP contribution >= 0.6 is 12.4 Å². The molecule has 1 amide bonds. The lowest BCUT2D eigenvalue weighted by molar-refractivity contribution is -0.117. The number of nitrogens with zero attached hydrogens (tertiary/aromatic N) is 1. The third-order valence-electron chi connectivity index (χ3n) is 3.23. The van der Waals surface area contributed by atoms with Crippen molar-refractivity contribution in [3.63, 3.8) is 0 Å². The van der Waals surface area contributed by atoms with Crippen LogP contribution in [0.3, 0.4) is 0 Å². The third kappa shape index (κ3) is 4.76. The summed E-state index contributed by atoms with van der Waals surface area (Å²) in [7, 11) is 0. The Morgan fingerprint density at radius 2 is 1.86 bits per heavy atom. The quantitative estimate of drug-likeness (QED) is 0.909. The van der Waals surface area contributed by atoms with Gasteiger partial charge >= 0.3 is 0 Å². The normalized spacial score (nSPS) is 10.6. The molecule has 2 rings (SSSR count). The van der Waals surface area contributed by atoms with Crippen molar-refractivity contribution in [1.82, 2.24) is 4.98 Å². The van der Waals surface area contributed by atoms with Crippen molar-refractivity contribution < 1.29 is 4.79 Å². The number of rotatable bonds is 4. The van der Waals surface area contributed by atoms with E-state index in [2.05, 4.69) is 24.1 Å². The minimum atomic E-state index is -0.216. The summed E-state index contributed by atoms with van der Waals surface area (Å²) in [4.78, 5) is 16.1. The predicted octanol–water partition coefficient (Wildman–Crippen LogP) is 3.39. The molecule has 0 radical (unpaired) electrons. The van der Waals surface area contributed by atoms with Crippen LogP contribution in [-0.2, 0) is 10.2 Å². The molecule has 5 heteroatoms. The van der Waals surface area contributed by atoms with Gasteiger partial charge in [-0.2, -0.15) is 0 Å². The number of anilines is 2. The first kappa shape index (κ1) is 17.0. The first-order valence-corrected chi connectivity index (χ1v) is 6.54. The fraction of sp³-hybridized carbons (Fsp3) is 0.250. The van der Waals surface area contributed by atoms with E-state index in [0.29, 0.717) is 17.9 Å². The van der Waals surface area contributed by atoms with E-state index in [0.717, 1.165) is 5.56 Å². The van der Waals surface area contributed by atoms with Crippen LogP contribution < -0.4 is 11.1 Å². The summed E-state index contributed by atoms with van der Waals surface area (Å²) < 4.78 is 0. The predicted molar refractivity (Wildman–Crippen MR) is 88.6 cm³/mol. The highest BCUT2D eigenvalue weighted by Crippen LogP contribution is 2.27. The second kappa shape index (κ2) is 7.09. The largest absolute Gasteiger partial charge is 0.384 e. The highest BCUT2D eigenvalue weighted by Gasteiger charge is 2.24. The molecule has 0 aliphatic carbocycles. The molecule has 21 heavy (non-hydrogen) atoms. The molecule has 4 nitrogen and oxygen atoms in total. The molecule has 1 aromatic carbocycles. The van der Waals surface area contributed by atoms with Gasteiger partial charge in [0.2, 0.25) is 5.91 Å². The fourth-order valence-corrected chi connectivity index (χ4v) is 2.08. The molecule has 2 aromatic rings. The number of pyridine rings is 1. The number of amides is 1. The van der Waals surface area contributed by atoms with Gasteiger partial charge in [-0.25, -0.2) is 4.98 Å². The standard InChI is InChI=1S/C16H19N3O.ClH/c1-16(2,12-6-4-3-5-7-12)10-15(20)19-13-8-9-14(17)18-11-13;/h3-9,11H,10H2,1-2H3,(H2,17,18)(H,19,20);1H. The van der Waals surface area contributed by atoms with Crippen LogP contribution in [-0.4, -0.2) is 10.9 Å². The van der Waals surface area contributed by atoms with E-state index < -0.39 is 0 Å². The van der Waals surface area contributed by atoms with Crippen molar-refractivity contribution in [1.29, 1.82) is 0 Å². The van der Waals surface area contributed by atoms with Crippen LogP contribution in [0.25, 0.3) is 0 Å². The summed E-state index contributed by atoms with van der Waals surface area (Å²) in [5, 5.41) is 2.84. The molecule has 3 N–H and O–H groups in total. The van der Waals surface area contributed by atoms with E-state index in [1.165, 1.54) is 0 Å². The van der Waals surface area contributed by atoms with Gasteiger partial charge in [0.05, 0.1) is 11.9 Å². The molecule has 0 aliphatic rings. The number of hydrogen-bond acceptors (Lipinski definition) is 3. The second-order valence-corrected chi connectivity index (χ2v) is 5.45. The van der Waals surface area contributed by atoms with E-state index in [4.69, 9.17) is 5.73 Å². The molecular weight excluding hydrogens is 286 g/mol. The highest BCUT2D eigenvalue weighted by atomic mass is 35.5. The molecule has 112 valence electrons. The van der Waals surface area contributed by atoms with E-state index in [9.17, 15) is 4.79 Å². The Labute approximate surface area is 131 Å². The molecule has 0 aliphatic heterocycles. The van der Waals surface area contributed by atoms with Crippen LogP contribution in [0.5, 0.6) is 0 Å². The van der Waals surface area contributed by atoms with Crippen molar-refractivity contribution >= 4 is 29.8 Å². The average Bonchev–Trinajstić information content (AvgIpc) is 2.42. The fourth-order valence-electron chi connectivity index (χ4n) is 2.08. The number of aromatic nitrogens is 1. The van der Waals surface area contributed by atoms with Gasteiger partial charge in [-0.05, 0) is 23.1 Å². The van der Waals surface area contributed by atoms with Gasteiger partial charge in [0.25, 0.3) is 0 Å². The Balaban J connectivity index is 0.00000220. The first-order chi connectivity index (χ1) is 9.47. The maximum absolute atomic E-state index is 12.1. The number of hydrogen-bond donors (Lipinski definition) is 2. The van der Waals surface area contributed by atoms with Crippen LogP contribution in [0.1, 0.15) is 25.8 Å². The molecule has 1 aromatic heterocycles. The Hall–Kier alpha value is -2.07. The topological polar surface area (TPSA) is 68.0 Å². The van der Waals surface area contributed by atoms with Gasteiger partial charge in [-0.1, -0.05) is 44.2 Å². The highest BCUT2D eigenvalue weighted by molar-refractivity contribution is 5.91. The van der Waals surface area contributed by atoms with Crippen molar-refractivity contribution in [2.45, 2.75) is 25.7 Å². The van der Waals surface area contributed by atoms with Crippen molar-refractivity contribution in [2.24, 2.45) is 0 Å². The maximum atomic E-state index is 12.1. The van der Waals surface area contributed by atoms with Gasteiger partial charge in [0.1, 0.15) is 5.82 Å². The second-order valence-electron chi connectivity index (χ2n) is 5.45. The molecule has 0 saturated carbocycles. The lowest BCUT2D eigenvalue weighted by atomic mass is 9.81. The van der Waals surface area contributed by atoms with Gasteiger partial charge < -0.3 is 11.1 Å². The first-order valence-electron chi connectivity index (χ1n) is 6.54. The van der Waals surface area contributed by atoms with Gasteiger partial charge in [-0.3, -0.25) is 4.79 Å². The van der Waals surface area contributed by atoms with Crippen molar-refractivity contribution in [3.8, 4) is 0 Å². The van der Waals surface area contributed by atoms with E-state index in [-0.39, 0.29) is 23.7 Å². The van der Waals surface area contributed by atoms with Gasteiger partial charge in [0.15, 0.2) is 0 Å². The van der Waals surface area contributed by atoms with E-state index >= 15 is 0 Å². The smallest absolute Gasteiger partial charge is 0.225 e. The minimum Gasteiger partial charge on any atom is -0.384 e. The minimum absolute atomic E-state index is 0.